The summed E-state index contributed by atoms with van der Waals surface area (Å²) < 4.78 is 5.46. The number of hydrogen-bond acceptors (Lipinski definition) is 2. The van der Waals surface area contributed by atoms with Gasteiger partial charge in [0.1, 0.15) is 6.10 Å². The minimum absolute atomic E-state index is 0.0331. The maximum absolute atomic E-state index is 12.0. The van der Waals surface area contributed by atoms with Crippen molar-refractivity contribution < 1.29 is 9.53 Å². The Morgan fingerprint density at radius 2 is 1.88 bits per heavy atom. The molecule has 86 valence electrons. The van der Waals surface area contributed by atoms with E-state index >= 15 is 0 Å². The molecule has 0 saturated carbocycles. The molecule has 0 aliphatic carbocycles. The summed E-state index contributed by atoms with van der Waals surface area (Å²) >= 11 is 0. The Balaban J connectivity index is 1.99. The fourth-order valence-electron chi connectivity index (χ4n) is 1.91. The Labute approximate surface area is 96.0 Å². The molecule has 0 spiro atoms. The molecule has 1 saturated heterocycles. The molecule has 1 aromatic rings. The van der Waals surface area contributed by atoms with Crippen molar-refractivity contribution >= 4 is 5.91 Å². The van der Waals surface area contributed by atoms with Gasteiger partial charge in [-0.1, -0.05) is 30.3 Å². The van der Waals surface area contributed by atoms with Crippen LogP contribution in [0.25, 0.3) is 0 Å². The van der Waals surface area contributed by atoms with Gasteiger partial charge in [0.15, 0.2) is 6.10 Å². The first-order chi connectivity index (χ1) is 7.77. The first-order valence-electron chi connectivity index (χ1n) is 5.77. The van der Waals surface area contributed by atoms with Crippen LogP contribution in [-0.4, -0.2) is 30.0 Å². The zero-order valence-corrected chi connectivity index (χ0v) is 9.72. The number of benzene rings is 1. The van der Waals surface area contributed by atoms with E-state index in [0.29, 0.717) is 0 Å². The lowest BCUT2D eigenvalue weighted by Gasteiger charge is -2.16. The van der Waals surface area contributed by atoms with Crippen LogP contribution in [0.2, 0.25) is 0 Å². The van der Waals surface area contributed by atoms with Gasteiger partial charge in [0.2, 0.25) is 0 Å². The summed E-state index contributed by atoms with van der Waals surface area (Å²) in [4.78, 5) is 13.8. The van der Waals surface area contributed by atoms with Crippen LogP contribution in [-0.2, 0) is 9.53 Å². The molecule has 2 atom stereocenters. The highest BCUT2D eigenvalue weighted by Gasteiger charge is 2.47. The highest BCUT2D eigenvalue weighted by Crippen LogP contribution is 2.39. The summed E-state index contributed by atoms with van der Waals surface area (Å²) in [5.74, 6) is 0.110. The summed E-state index contributed by atoms with van der Waals surface area (Å²) in [5, 5.41) is 0. The van der Waals surface area contributed by atoms with Crippen LogP contribution in [0.1, 0.15) is 25.5 Å². The standard InChI is InChI=1S/C13H17NO2/c1-3-14(4-2)13(15)12-11(16-12)10-8-6-5-7-9-10/h5-9,11-12H,3-4H2,1-2H3/t11-,12+/m1/s1. The van der Waals surface area contributed by atoms with Crippen molar-refractivity contribution in [1.29, 1.82) is 0 Å². The SMILES string of the molecule is CCN(CC)C(=O)[C@H]1O[C@@H]1c1ccccc1. The third-order valence-electron chi connectivity index (χ3n) is 2.94. The highest BCUT2D eigenvalue weighted by atomic mass is 16.6. The maximum atomic E-state index is 12.0. The molecule has 1 aliphatic rings. The van der Waals surface area contributed by atoms with Crippen LogP contribution < -0.4 is 0 Å². The second-order valence-corrected chi connectivity index (χ2v) is 3.90. The predicted octanol–water partition coefficient (Wildman–Crippen LogP) is 1.99. The molecule has 2 rings (SSSR count). The number of ether oxygens (including phenoxy) is 1. The van der Waals surface area contributed by atoms with Gasteiger partial charge in [0.25, 0.3) is 5.91 Å². The van der Waals surface area contributed by atoms with E-state index in [-0.39, 0.29) is 18.1 Å². The van der Waals surface area contributed by atoms with Crippen molar-refractivity contribution in [2.75, 3.05) is 13.1 Å². The summed E-state index contributed by atoms with van der Waals surface area (Å²) in [6.07, 6.45) is -0.295. The number of rotatable bonds is 4. The third kappa shape index (κ3) is 2.09. The van der Waals surface area contributed by atoms with Crippen LogP contribution in [0, 0.1) is 0 Å². The number of likely N-dealkylation sites (N-methyl/N-ethyl adjacent to an activating group) is 1. The summed E-state index contributed by atoms with van der Waals surface area (Å²) in [6.45, 7) is 5.47. The van der Waals surface area contributed by atoms with Gasteiger partial charge in [0, 0.05) is 13.1 Å². The molecule has 3 heteroatoms. The lowest BCUT2D eigenvalue weighted by atomic mass is 10.1. The van der Waals surface area contributed by atoms with Crippen molar-refractivity contribution in [3.8, 4) is 0 Å². The number of nitrogens with zero attached hydrogens (tertiary/aromatic N) is 1. The first-order valence-corrected chi connectivity index (χ1v) is 5.77. The van der Waals surface area contributed by atoms with E-state index in [0.717, 1.165) is 18.7 Å². The minimum Gasteiger partial charge on any atom is -0.354 e. The molecule has 0 bridgehead atoms. The molecule has 0 radical (unpaired) electrons. The summed E-state index contributed by atoms with van der Waals surface area (Å²) in [6, 6.07) is 9.90. The molecule has 16 heavy (non-hydrogen) atoms. The van der Waals surface area contributed by atoms with Crippen LogP contribution in [0.4, 0.5) is 0 Å². The summed E-state index contributed by atoms with van der Waals surface area (Å²) in [7, 11) is 0. The fourth-order valence-corrected chi connectivity index (χ4v) is 1.91. The van der Waals surface area contributed by atoms with Crippen LogP contribution in [0.5, 0.6) is 0 Å². The van der Waals surface area contributed by atoms with Gasteiger partial charge in [0.05, 0.1) is 0 Å². The van der Waals surface area contributed by atoms with E-state index in [4.69, 9.17) is 4.74 Å². The Morgan fingerprint density at radius 1 is 1.25 bits per heavy atom. The van der Waals surface area contributed by atoms with E-state index < -0.39 is 0 Å². The van der Waals surface area contributed by atoms with Crippen molar-refractivity contribution in [3.05, 3.63) is 35.9 Å². The number of hydrogen-bond donors (Lipinski definition) is 0. The minimum atomic E-state index is -0.262. The van der Waals surface area contributed by atoms with Crippen LogP contribution >= 0.6 is 0 Å². The van der Waals surface area contributed by atoms with E-state index in [1.54, 1.807) is 0 Å². The predicted molar refractivity (Wildman–Crippen MR) is 62.0 cm³/mol. The van der Waals surface area contributed by atoms with Gasteiger partial charge >= 0.3 is 0 Å². The van der Waals surface area contributed by atoms with Gasteiger partial charge < -0.3 is 9.64 Å². The van der Waals surface area contributed by atoms with Crippen molar-refractivity contribution in [2.45, 2.75) is 26.1 Å². The van der Waals surface area contributed by atoms with Gasteiger partial charge in [-0.3, -0.25) is 4.79 Å². The molecule has 0 unspecified atom stereocenters. The lowest BCUT2D eigenvalue weighted by Crippen LogP contribution is -2.34. The van der Waals surface area contributed by atoms with Gasteiger partial charge in [-0.25, -0.2) is 0 Å². The largest absolute Gasteiger partial charge is 0.354 e. The van der Waals surface area contributed by atoms with Crippen LogP contribution in [0.3, 0.4) is 0 Å². The van der Waals surface area contributed by atoms with Gasteiger partial charge in [-0.15, -0.1) is 0 Å². The molecule has 0 aromatic heterocycles. The average molecular weight is 219 g/mol. The fraction of sp³-hybridized carbons (Fsp3) is 0.462. The monoisotopic (exact) mass is 219 g/mol. The number of epoxide rings is 1. The third-order valence-corrected chi connectivity index (χ3v) is 2.94. The average Bonchev–Trinajstić information content (AvgIpc) is 3.11. The Bertz CT molecular complexity index is 359. The molecule has 1 aliphatic heterocycles. The molecule has 1 aromatic carbocycles. The second-order valence-electron chi connectivity index (χ2n) is 3.90. The Hall–Kier alpha value is -1.35. The van der Waals surface area contributed by atoms with Crippen molar-refractivity contribution in [2.24, 2.45) is 0 Å². The second kappa shape index (κ2) is 4.66. The van der Waals surface area contributed by atoms with Gasteiger partial charge in [-0.05, 0) is 19.4 Å². The van der Waals surface area contributed by atoms with Gasteiger partial charge in [-0.2, -0.15) is 0 Å². The summed E-state index contributed by atoms with van der Waals surface area (Å²) in [5.41, 5.74) is 1.09. The first kappa shape index (κ1) is 11.1. The maximum Gasteiger partial charge on any atom is 0.254 e. The normalized spacial score (nSPS) is 22.9. The van der Waals surface area contributed by atoms with E-state index in [2.05, 4.69) is 0 Å². The highest BCUT2D eigenvalue weighted by molar-refractivity contribution is 5.84. The topological polar surface area (TPSA) is 32.8 Å². The zero-order valence-electron chi connectivity index (χ0n) is 9.72. The number of amides is 1. The van der Waals surface area contributed by atoms with Crippen molar-refractivity contribution in [3.63, 3.8) is 0 Å². The quantitative estimate of drug-likeness (QED) is 0.725. The molecule has 1 heterocycles. The van der Waals surface area contributed by atoms with Crippen molar-refractivity contribution in [1.82, 2.24) is 4.90 Å². The molecule has 1 fully saturated rings. The van der Waals surface area contributed by atoms with Crippen LogP contribution in [0.15, 0.2) is 30.3 Å². The molecule has 3 nitrogen and oxygen atoms in total. The molecular weight excluding hydrogens is 202 g/mol. The number of carbonyl (C=O) groups excluding carboxylic acids is 1. The molecule has 1 amide bonds. The van der Waals surface area contributed by atoms with E-state index in [1.165, 1.54) is 0 Å². The zero-order chi connectivity index (χ0) is 11.5. The van der Waals surface area contributed by atoms with E-state index in [1.807, 2.05) is 49.1 Å². The Morgan fingerprint density at radius 3 is 2.44 bits per heavy atom. The molecular formula is C13H17NO2. The Kier molecular flexibility index (Phi) is 3.25. The smallest absolute Gasteiger partial charge is 0.254 e. The molecule has 0 N–H and O–H groups in total. The lowest BCUT2D eigenvalue weighted by molar-refractivity contribution is -0.132. The number of carbonyl (C=O) groups is 1. The van der Waals surface area contributed by atoms with E-state index in [9.17, 15) is 4.79 Å².